The quantitative estimate of drug-likeness (QED) is 0.878. The van der Waals surface area contributed by atoms with Gasteiger partial charge in [-0.25, -0.2) is 0 Å². The number of benzene rings is 1. The average Bonchev–Trinajstić information content (AvgIpc) is 3.09. The van der Waals surface area contributed by atoms with Crippen LogP contribution in [0.1, 0.15) is 29.1 Å². The van der Waals surface area contributed by atoms with Crippen molar-refractivity contribution in [1.82, 2.24) is 25.9 Å². The zero-order valence-electron chi connectivity index (χ0n) is 10.4. The van der Waals surface area contributed by atoms with Gasteiger partial charge in [-0.1, -0.05) is 16.8 Å². The molecule has 0 aliphatic carbocycles. The second kappa shape index (κ2) is 4.97. The van der Waals surface area contributed by atoms with E-state index in [0.29, 0.717) is 27.9 Å². The van der Waals surface area contributed by atoms with Gasteiger partial charge in [-0.3, -0.25) is 4.79 Å². The number of H-pyrrole nitrogens is 1. The number of halogens is 1. The van der Waals surface area contributed by atoms with E-state index in [-0.39, 0.29) is 18.7 Å². The molecule has 1 aromatic carbocycles. The van der Waals surface area contributed by atoms with Crippen molar-refractivity contribution in [2.75, 3.05) is 6.79 Å². The lowest BCUT2D eigenvalue weighted by molar-refractivity contribution is 0.0938. The van der Waals surface area contributed by atoms with Gasteiger partial charge in [0.05, 0.1) is 11.1 Å². The maximum Gasteiger partial charge on any atom is 0.252 e. The first-order valence-corrected chi connectivity index (χ1v) is 6.16. The van der Waals surface area contributed by atoms with Crippen LogP contribution in [0.5, 0.6) is 11.5 Å². The minimum Gasteiger partial charge on any atom is -0.454 e. The molecule has 2 N–H and O–H groups in total. The number of carbonyl (C=O) groups excluding carboxylic acids is 1. The number of ether oxygens (including phenoxy) is 2. The van der Waals surface area contributed by atoms with E-state index in [1.807, 2.05) is 0 Å². The van der Waals surface area contributed by atoms with Crippen molar-refractivity contribution in [3.05, 3.63) is 28.5 Å². The normalized spacial score (nSPS) is 14.1. The fraction of sp³-hybridized carbons (Fsp3) is 0.273. The lowest BCUT2D eigenvalue weighted by Crippen LogP contribution is -2.27. The summed E-state index contributed by atoms with van der Waals surface area (Å²) >= 11 is 6.03. The van der Waals surface area contributed by atoms with Crippen LogP contribution in [0, 0.1) is 0 Å². The van der Waals surface area contributed by atoms with Crippen LogP contribution in [0.15, 0.2) is 12.1 Å². The fourth-order valence-corrected chi connectivity index (χ4v) is 2.06. The topological polar surface area (TPSA) is 102 Å². The molecule has 1 aliphatic rings. The maximum atomic E-state index is 12.2. The minimum absolute atomic E-state index is 0.0966. The number of nitrogens with one attached hydrogen (secondary N) is 2. The van der Waals surface area contributed by atoms with Crippen molar-refractivity contribution in [3.8, 4) is 11.5 Å². The Balaban J connectivity index is 1.79. The molecule has 8 nitrogen and oxygen atoms in total. The summed E-state index contributed by atoms with van der Waals surface area (Å²) in [4.78, 5) is 12.2. The Labute approximate surface area is 118 Å². The molecule has 2 heterocycles. The summed E-state index contributed by atoms with van der Waals surface area (Å²) in [6.07, 6.45) is 0. The van der Waals surface area contributed by atoms with Crippen molar-refractivity contribution in [1.29, 1.82) is 0 Å². The third-order valence-electron chi connectivity index (χ3n) is 2.79. The number of amides is 1. The van der Waals surface area contributed by atoms with E-state index in [9.17, 15) is 4.79 Å². The van der Waals surface area contributed by atoms with E-state index in [0.717, 1.165) is 0 Å². The van der Waals surface area contributed by atoms with Crippen LogP contribution in [0.4, 0.5) is 0 Å². The van der Waals surface area contributed by atoms with Crippen molar-refractivity contribution >= 4 is 17.5 Å². The third-order valence-corrected chi connectivity index (χ3v) is 3.07. The highest BCUT2D eigenvalue weighted by atomic mass is 35.5. The number of nitrogens with zero attached hydrogens (tertiary/aromatic N) is 3. The van der Waals surface area contributed by atoms with Crippen LogP contribution in [0.2, 0.25) is 5.02 Å². The molecule has 0 saturated heterocycles. The first kappa shape index (κ1) is 12.7. The van der Waals surface area contributed by atoms with Gasteiger partial charge in [0.2, 0.25) is 6.79 Å². The first-order valence-electron chi connectivity index (χ1n) is 5.78. The van der Waals surface area contributed by atoms with Gasteiger partial charge in [0, 0.05) is 5.56 Å². The van der Waals surface area contributed by atoms with E-state index in [1.54, 1.807) is 13.0 Å². The van der Waals surface area contributed by atoms with E-state index in [4.69, 9.17) is 21.1 Å². The molecule has 104 valence electrons. The zero-order chi connectivity index (χ0) is 14.1. The van der Waals surface area contributed by atoms with E-state index in [1.165, 1.54) is 6.07 Å². The van der Waals surface area contributed by atoms with Gasteiger partial charge < -0.3 is 14.8 Å². The van der Waals surface area contributed by atoms with Gasteiger partial charge in [-0.15, -0.1) is 10.2 Å². The van der Waals surface area contributed by atoms with Crippen LogP contribution in [-0.2, 0) is 0 Å². The van der Waals surface area contributed by atoms with Crippen molar-refractivity contribution in [3.63, 3.8) is 0 Å². The molecule has 20 heavy (non-hydrogen) atoms. The Hall–Kier alpha value is -2.35. The summed E-state index contributed by atoms with van der Waals surface area (Å²) in [7, 11) is 0. The van der Waals surface area contributed by atoms with Gasteiger partial charge >= 0.3 is 0 Å². The average molecular weight is 296 g/mol. The molecule has 0 radical (unpaired) electrons. The number of aromatic amines is 1. The summed E-state index contributed by atoms with van der Waals surface area (Å²) in [5, 5.41) is 16.4. The molecule has 0 saturated carbocycles. The predicted molar refractivity (Wildman–Crippen MR) is 67.6 cm³/mol. The number of tetrazole rings is 1. The van der Waals surface area contributed by atoms with Crippen molar-refractivity contribution in [2.24, 2.45) is 0 Å². The number of fused-ring (bicyclic) bond motifs is 1. The SMILES string of the molecule is CC(NC(=O)c1cc(Cl)c2c(c1)OCO2)c1nn[nH]n1. The molecule has 1 unspecified atom stereocenters. The number of hydrogen-bond donors (Lipinski definition) is 2. The van der Waals surface area contributed by atoms with Gasteiger partial charge in [0.25, 0.3) is 5.91 Å². The van der Waals surface area contributed by atoms with Gasteiger partial charge in [0.1, 0.15) is 0 Å². The Morgan fingerprint density at radius 3 is 3.10 bits per heavy atom. The first-order chi connectivity index (χ1) is 9.65. The Kier molecular flexibility index (Phi) is 3.15. The Morgan fingerprint density at radius 2 is 2.35 bits per heavy atom. The molecule has 1 atom stereocenters. The molecule has 1 aliphatic heterocycles. The molecular weight excluding hydrogens is 286 g/mol. The highest BCUT2D eigenvalue weighted by Crippen LogP contribution is 2.39. The number of carbonyl (C=O) groups is 1. The molecule has 2 aromatic rings. The molecule has 9 heteroatoms. The van der Waals surface area contributed by atoms with Crippen molar-refractivity contribution < 1.29 is 14.3 Å². The van der Waals surface area contributed by atoms with Crippen LogP contribution < -0.4 is 14.8 Å². The van der Waals surface area contributed by atoms with E-state index < -0.39 is 0 Å². The molecule has 3 rings (SSSR count). The number of rotatable bonds is 3. The smallest absolute Gasteiger partial charge is 0.252 e. The zero-order valence-corrected chi connectivity index (χ0v) is 11.1. The summed E-state index contributed by atoms with van der Waals surface area (Å²) in [6.45, 7) is 1.84. The fourth-order valence-electron chi connectivity index (χ4n) is 1.80. The minimum atomic E-state index is -0.384. The van der Waals surface area contributed by atoms with Crippen LogP contribution in [0.25, 0.3) is 0 Å². The second-order valence-electron chi connectivity index (χ2n) is 4.16. The standard InChI is InChI=1S/C11H10ClN5O3/c1-5(10-14-16-17-15-10)13-11(18)6-2-7(12)9-8(3-6)19-4-20-9/h2-3,5H,4H2,1H3,(H,13,18)(H,14,15,16,17). The van der Waals surface area contributed by atoms with Crippen LogP contribution in [-0.4, -0.2) is 33.3 Å². The predicted octanol–water partition coefficient (Wildman–Crippen LogP) is 1.07. The highest BCUT2D eigenvalue weighted by molar-refractivity contribution is 6.32. The van der Waals surface area contributed by atoms with E-state index >= 15 is 0 Å². The third kappa shape index (κ3) is 2.25. The Morgan fingerprint density at radius 1 is 1.50 bits per heavy atom. The summed E-state index contributed by atoms with van der Waals surface area (Å²) in [5.41, 5.74) is 0.370. The second-order valence-corrected chi connectivity index (χ2v) is 4.56. The number of hydrogen-bond acceptors (Lipinski definition) is 6. The lowest BCUT2D eigenvalue weighted by atomic mass is 10.1. The van der Waals surface area contributed by atoms with Gasteiger partial charge in [-0.05, 0) is 19.1 Å². The molecule has 0 bridgehead atoms. The molecule has 0 spiro atoms. The summed E-state index contributed by atoms with van der Waals surface area (Å²) in [5.74, 6) is 0.983. The Bertz CT molecular complexity index is 646. The van der Waals surface area contributed by atoms with Crippen LogP contribution >= 0.6 is 11.6 Å². The largest absolute Gasteiger partial charge is 0.454 e. The molecule has 1 aromatic heterocycles. The van der Waals surface area contributed by atoms with Crippen LogP contribution in [0.3, 0.4) is 0 Å². The van der Waals surface area contributed by atoms with E-state index in [2.05, 4.69) is 25.9 Å². The summed E-state index contributed by atoms with van der Waals surface area (Å²) in [6, 6.07) is 2.71. The lowest BCUT2D eigenvalue weighted by Gasteiger charge is -2.10. The maximum absolute atomic E-state index is 12.2. The number of aromatic nitrogens is 4. The van der Waals surface area contributed by atoms with Gasteiger partial charge in [0.15, 0.2) is 17.3 Å². The molecule has 1 amide bonds. The highest BCUT2D eigenvalue weighted by Gasteiger charge is 2.22. The molecular formula is C11H10ClN5O3. The monoisotopic (exact) mass is 295 g/mol. The summed E-state index contributed by atoms with van der Waals surface area (Å²) < 4.78 is 10.4. The molecule has 0 fully saturated rings. The van der Waals surface area contributed by atoms with Crippen molar-refractivity contribution in [2.45, 2.75) is 13.0 Å². The van der Waals surface area contributed by atoms with Gasteiger partial charge in [-0.2, -0.15) is 5.21 Å².